The third-order valence-electron chi connectivity index (χ3n) is 4.48. The van der Waals surface area contributed by atoms with Crippen LogP contribution >= 0.6 is 12.0 Å². The highest BCUT2D eigenvalue weighted by Crippen LogP contribution is 2.32. The summed E-state index contributed by atoms with van der Waals surface area (Å²) in [6.45, 7) is -1.32. The lowest BCUT2D eigenvalue weighted by Crippen LogP contribution is -2.33. The number of nitrogens with one attached hydrogen (secondary N) is 1. The smallest absolute Gasteiger partial charge is 0.414 e. The number of cyclic esters (lactones) is 1. The van der Waals surface area contributed by atoms with Crippen LogP contribution in [0.1, 0.15) is 0 Å². The Morgan fingerprint density at radius 1 is 1.32 bits per heavy atom. The normalized spacial score (nSPS) is 18.5. The highest BCUT2D eigenvalue weighted by atomic mass is 32.2. The van der Waals surface area contributed by atoms with E-state index in [-0.39, 0.29) is 32.0 Å². The number of halogens is 2. The maximum Gasteiger partial charge on any atom is 0.414 e. The van der Waals surface area contributed by atoms with Crippen LogP contribution in [-0.4, -0.2) is 79.3 Å². The molecule has 1 aromatic rings. The molecule has 0 unspecified atom stereocenters. The molecule has 0 aromatic heterocycles. The lowest BCUT2D eigenvalue weighted by Gasteiger charge is -2.21. The second-order valence-electron chi connectivity index (χ2n) is 6.62. The number of benzene rings is 1. The average molecular weight is 460 g/mol. The van der Waals surface area contributed by atoms with Gasteiger partial charge in [-0.2, -0.15) is 0 Å². The zero-order valence-electron chi connectivity index (χ0n) is 16.2. The van der Waals surface area contributed by atoms with Gasteiger partial charge in [0.2, 0.25) is 5.91 Å². The molecule has 14 heteroatoms. The van der Waals surface area contributed by atoms with E-state index in [4.69, 9.17) is 9.84 Å². The van der Waals surface area contributed by atoms with E-state index in [9.17, 15) is 28.0 Å². The van der Waals surface area contributed by atoms with E-state index in [1.54, 1.807) is 0 Å². The minimum Gasteiger partial charge on any atom is -0.480 e. The molecule has 31 heavy (non-hydrogen) atoms. The van der Waals surface area contributed by atoms with Gasteiger partial charge in [-0.1, -0.05) is 0 Å². The van der Waals surface area contributed by atoms with Crippen LogP contribution in [0.15, 0.2) is 12.1 Å². The molecule has 11 nitrogen and oxygen atoms in total. The number of aliphatic carboxylic acids is 1. The first-order chi connectivity index (χ1) is 14.7. The molecule has 168 valence electrons. The van der Waals surface area contributed by atoms with Crippen molar-refractivity contribution in [1.82, 2.24) is 10.2 Å². The first-order valence-corrected chi connectivity index (χ1v) is 9.64. The molecule has 2 fully saturated rings. The fraction of sp³-hybridized carbons (Fsp3) is 0.412. The van der Waals surface area contributed by atoms with Crippen LogP contribution < -0.4 is 15.1 Å². The molecule has 2 N–H and O–H groups in total. The van der Waals surface area contributed by atoms with Crippen LogP contribution in [0.5, 0.6) is 0 Å². The van der Waals surface area contributed by atoms with E-state index >= 15 is 0 Å². The summed E-state index contributed by atoms with van der Waals surface area (Å²) in [5, 5.41) is 10.8. The maximum atomic E-state index is 14.7. The summed E-state index contributed by atoms with van der Waals surface area (Å²) in [7, 11) is 1.32. The summed E-state index contributed by atoms with van der Waals surface area (Å²) in [4.78, 5) is 49.2. The largest absolute Gasteiger partial charge is 0.480 e. The number of rotatable bonds is 7. The molecule has 2 aliphatic rings. The fourth-order valence-corrected chi connectivity index (χ4v) is 3.49. The van der Waals surface area contributed by atoms with Gasteiger partial charge in [-0.15, -0.1) is 0 Å². The SMILES string of the molecule is COSC(=O)NC[C@H]1CN(c2cc(F)c(N3CC(=O)N(CC(=O)O)C3)c(F)c2)C(=O)O1. The highest BCUT2D eigenvalue weighted by Gasteiger charge is 2.36. The van der Waals surface area contributed by atoms with Crippen molar-refractivity contribution >= 4 is 46.6 Å². The molecule has 1 atom stereocenters. The molecule has 1 aromatic carbocycles. The van der Waals surface area contributed by atoms with Gasteiger partial charge in [0.1, 0.15) is 18.3 Å². The van der Waals surface area contributed by atoms with Crippen LogP contribution in [0, 0.1) is 11.6 Å². The summed E-state index contributed by atoms with van der Waals surface area (Å²) in [6, 6.07) is 1.84. The quantitative estimate of drug-likeness (QED) is 0.572. The number of nitrogens with zero attached hydrogens (tertiary/aromatic N) is 3. The zero-order valence-corrected chi connectivity index (χ0v) is 17.0. The lowest BCUT2D eigenvalue weighted by molar-refractivity contribution is -0.142. The van der Waals surface area contributed by atoms with Crippen molar-refractivity contribution in [1.29, 1.82) is 0 Å². The molecule has 0 radical (unpaired) electrons. The van der Waals surface area contributed by atoms with E-state index in [0.29, 0.717) is 12.0 Å². The Balaban J connectivity index is 1.70. The van der Waals surface area contributed by atoms with Crippen LogP contribution in [0.25, 0.3) is 0 Å². The Kier molecular flexibility index (Phi) is 6.80. The Hall–Kier alpha value is -3.13. The summed E-state index contributed by atoms with van der Waals surface area (Å²) in [6.07, 6.45) is -1.57. The lowest BCUT2D eigenvalue weighted by atomic mass is 10.2. The first-order valence-electron chi connectivity index (χ1n) is 8.89. The van der Waals surface area contributed by atoms with Crippen molar-refractivity contribution in [3.8, 4) is 0 Å². The van der Waals surface area contributed by atoms with E-state index in [1.165, 1.54) is 7.11 Å². The van der Waals surface area contributed by atoms with E-state index in [2.05, 4.69) is 9.50 Å². The fourth-order valence-electron chi connectivity index (χ4n) is 3.20. The van der Waals surface area contributed by atoms with Crippen molar-refractivity contribution < 1.29 is 42.0 Å². The second-order valence-corrected chi connectivity index (χ2v) is 7.49. The standard InChI is InChI=1S/C17H18F2N4O7S/c1-29-31-16(27)20-4-10-5-23(17(28)30-10)9-2-11(18)15(12(19)3-9)22-6-13(24)21(8-22)7-14(25)26/h2-3,10H,4-8H2,1H3,(H,20,27)(H,25,26)/t10-/m0/s1. The van der Waals surface area contributed by atoms with Gasteiger partial charge >= 0.3 is 17.3 Å². The molecule has 2 saturated heterocycles. The topological polar surface area (TPSA) is 129 Å². The number of carboxylic acids is 1. The molecule has 0 bridgehead atoms. The number of amides is 3. The molecule has 2 aliphatic heterocycles. The van der Waals surface area contributed by atoms with Gasteiger partial charge in [-0.25, -0.2) is 13.6 Å². The molecular formula is C17H18F2N4O7S. The second kappa shape index (κ2) is 9.34. The van der Waals surface area contributed by atoms with Gasteiger partial charge in [0.15, 0.2) is 11.6 Å². The maximum absolute atomic E-state index is 14.7. The van der Waals surface area contributed by atoms with Crippen molar-refractivity contribution in [2.45, 2.75) is 6.10 Å². The minimum absolute atomic E-state index is 0.0181. The number of hydrogen-bond acceptors (Lipinski definition) is 8. The monoisotopic (exact) mass is 460 g/mol. The summed E-state index contributed by atoms with van der Waals surface area (Å²) in [5.41, 5.74) is -0.602. The predicted octanol–water partition coefficient (Wildman–Crippen LogP) is 0.985. The Morgan fingerprint density at radius 3 is 2.61 bits per heavy atom. The van der Waals surface area contributed by atoms with Gasteiger partial charge in [0.25, 0.3) is 0 Å². The van der Waals surface area contributed by atoms with Crippen molar-refractivity contribution in [2.24, 2.45) is 0 Å². The van der Waals surface area contributed by atoms with Gasteiger partial charge in [0, 0.05) is 12.1 Å². The minimum atomic E-state index is -1.24. The van der Waals surface area contributed by atoms with Crippen LogP contribution in [0.4, 0.5) is 29.7 Å². The number of carbonyl (C=O) groups is 4. The predicted molar refractivity (Wildman–Crippen MR) is 104 cm³/mol. The van der Waals surface area contributed by atoms with Crippen LogP contribution in [-0.2, 0) is 18.5 Å². The Morgan fingerprint density at radius 2 is 2.00 bits per heavy atom. The average Bonchev–Trinajstić information content (AvgIpc) is 3.22. The molecule has 3 rings (SSSR count). The van der Waals surface area contributed by atoms with Crippen LogP contribution in [0.2, 0.25) is 0 Å². The molecular weight excluding hydrogens is 442 g/mol. The van der Waals surface area contributed by atoms with Crippen LogP contribution in [0.3, 0.4) is 0 Å². The third-order valence-corrected chi connectivity index (χ3v) is 4.95. The highest BCUT2D eigenvalue weighted by molar-refractivity contribution is 8.09. The summed E-state index contributed by atoms with van der Waals surface area (Å²) in [5.74, 6) is -3.88. The van der Waals surface area contributed by atoms with Gasteiger partial charge in [-0.05, 0) is 0 Å². The summed E-state index contributed by atoms with van der Waals surface area (Å²) < 4.78 is 39.1. The third kappa shape index (κ3) is 5.14. The zero-order chi connectivity index (χ0) is 22.7. The number of carboxylic acid groups (broad SMARTS) is 1. The number of carbonyl (C=O) groups excluding carboxylic acids is 3. The van der Waals surface area contributed by atoms with Gasteiger partial charge < -0.3 is 29.1 Å². The Labute approximate surface area is 179 Å². The number of hydrogen-bond donors (Lipinski definition) is 2. The molecule has 2 heterocycles. The number of ether oxygens (including phenoxy) is 1. The van der Waals surface area contributed by atoms with Crippen molar-refractivity contribution in [2.75, 3.05) is 49.8 Å². The molecule has 3 amide bonds. The molecule has 0 spiro atoms. The summed E-state index contributed by atoms with van der Waals surface area (Å²) >= 11 is 0.566. The van der Waals surface area contributed by atoms with Crippen molar-refractivity contribution in [3.63, 3.8) is 0 Å². The van der Waals surface area contributed by atoms with Crippen molar-refractivity contribution in [3.05, 3.63) is 23.8 Å². The molecule has 0 saturated carbocycles. The Bertz CT molecular complexity index is 895. The van der Waals surface area contributed by atoms with E-state index in [0.717, 1.165) is 26.8 Å². The molecule has 0 aliphatic carbocycles. The first kappa shape index (κ1) is 22.6. The van der Waals surface area contributed by atoms with E-state index < -0.39 is 53.2 Å². The van der Waals surface area contributed by atoms with Gasteiger partial charge in [0.05, 0.1) is 51.1 Å². The number of anilines is 2. The van der Waals surface area contributed by atoms with E-state index in [1.807, 2.05) is 0 Å². The van der Waals surface area contributed by atoms with Gasteiger partial charge in [-0.3, -0.25) is 19.3 Å².